The molecule has 0 aliphatic carbocycles. The maximum absolute atomic E-state index is 13.9. The number of hydrogen-bond donors (Lipinski definition) is 4. The molecule has 0 aliphatic rings. The van der Waals surface area contributed by atoms with Crippen molar-refractivity contribution in [2.45, 2.75) is 44.8 Å². The minimum Gasteiger partial charge on any atom is -0.423 e. The Kier molecular flexibility index (Phi) is 9.18. The molecule has 13 heteroatoms. The molecule has 1 heterocycles. The van der Waals surface area contributed by atoms with Gasteiger partial charge in [0.25, 0.3) is 0 Å². The monoisotopic (exact) mass is 533 g/mol. The van der Waals surface area contributed by atoms with Gasteiger partial charge in [0.2, 0.25) is 11.8 Å². The first-order valence-corrected chi connectivity index (χ1v) is 11.8. The van der Waals surface area contributed by atoms with Crippen LogP contribution >= 0.6 is 0 Å². The maximum Gasteiger partial charge on any atom is 0.488 e. The second kappa shape index (κ2) is 12.1. The van der Waals surface area contributed by atoms with Gasteiger partial charge in [-0.2, -0.15) is 13.2 Å². The number of carbonyl (C=O) groups is 2. The third kappa shape index (κ3) is 7.36. The number of nitrogens with two attached hydrogens (primary N) is 2. The fraction of sp³-hybridized carbons (Fsp3) is 0.320. The van der Waals surface area contributed by atoms with E-state index in [0.29, 0.717) is 23.7 Å². The number of halogens is 3. The summed E-state index contributed by atoms with van der Waals surface area (Å²) in [4.78, 5) is 36.4. The Morgan fingerprint density at radius 1 is 0.974 bits per heavy atom. The second-order valence-corrected chi connectivity index (χ2v) is 8.84. The van der Waals surface area contributed by atoms with E-state index in [-0.39, 0.29) is 60.8 Å². The highest BCUT2D eigenvalue weighted by Crippen LogP contribution is 2.38. The Hall–Kier alpha value is -3.84. The van der Waals surface area contributed by atoms with Crippen molar-refractivity contribution in [1.29, 1.82) is 0 Å². The SMILES string of the molecule is NC(=O)CCCc1cc(N(CCCC(N)=O)Cc2ccccc2B(O)O)cc2oc(=O)cc(C(F)(F)F)c12. The number of anilines is 1. The Balaban J connectivity index is 2.18. The van der Waals surface area contributed by atoms with E-state index in [1.165, 1.54) is 18.2 Å². The zero-order valence-corrected chi connectivity index (χ0v) is 20.3. The van der Waals surface area contributed by atoms with E-state index in [4.69, 9.17) is 15.9 Å². The summed E-state index contributed by atoms with van der Waals surface area (Å²) >= 11 is 0. The predicted molar refractivity (Wildman–Crippen MR) is 135 cm³/mol. The van der Waals surface area contributed by atoms with Gasteiger partial charge in [0.1, 0.15) is 5.58 Å². The number of benzene rings is 2. The largest absolute Gasteiger partial charge is 0.488 e. The summed E-state index contributed by atoms with van der Waals surface area (Å²) in [5, 5.41) is 19.3. The van der Waals surface area contributed by atoms with Gasteiger partial charge in [0.05, 0.1) is 5.56 Å². The molecule has 9 nitrogen and oxygen atoms in total. The van der Waals surface area contributed by atoms with Crippen LogP contribution in [0.4, 0.5) is 18.9 Å². The zero-order valence-electron chi connectivity index (χ0n) is 20.3. The van der Waals surface area contributed by atoms with Crippen LogP contribution in [0.3, 0.4) is 0 Å². The molecule has 0 saturated carbocycles. The van der Waals surface area contributed by atoms with E-state index in [2.05, 4.69) is 0 Å². The van der Waals surface area contributed by atoms with E-state index in [0.717, 1.165) is 0 Å². The quantitative estimate of drug-likeness (QED) is 0.203. The zero-order chi connectivity index (χ0) is 28.0. The van der Waals surface area contributed by atoms with Crippen molar-refractivity contribution in [3.8, 4) is 0 Å². The smallest absolute Gasteiger partial charge is 0.423 e. The summed E-state index contributed by atoms with van der Waals surface area (Å²) < 4.78 is 46.8. The first-order valence-electron chi connectivity index (χ1n) is 11.8. The molecule has 0 radical (unpaired) electrons. The van der Waals surface area contributed by atoms with Crippen LogP contribution in [-0.2, 0) is 28.7 Å². The van der Waals surface area contributed by atoms with Crippen LogP contribution in [-0.4, -0.2) is 35.5 Å². The fourth-order valence-electron chi connectivity index (χ4n) is 4.31. The lowest BCUT2D eigenvalue weighted by molar-refractivity contribution is -0.136. The molecule has 0 saturated heterocycles. The van der Waals surface area contributed by atoms with Crippen molar-refractivity contribution in [3.05, 3.63) is 69.6 Å². The van der Waals surface area contributed by atoms with Crippen LogP contribution in [0.1, 0.15) is 42.4 Å². The van der Waals surface area contributed by atoms with Gasteiger partial charge in [-0.25, -0.2) is 4.79 Å². The topological polar surface area (TPSA) is 160 Å². The van der Waals surface area contributed by atoms with Gasteiger partial charge >= 0.3 is 18.9 Å². The number of amides is 2. The number of hydrogen-bond acceptors (Lipinski definition) is 7. The molecule has 0 atom stereocenters. The summed E-state index contributed by atoms with van der Waals surface area (Å²) in [6, 6.07) is 9.68. The molecule has 0 aliphatic heterocycles. The van der Waals surface area contributed by atoms with Gasteiger partial charge < -0.3 is 30.8 Å². The molecule has 6 N–H and O–H groups in total. The summed E-state index contributed by atoms with van der Waals surface area (Å²) in [6.07, 6.45) is -4.38. The molecule has 0 spiro atoms. The van der Waals surface area contributed by atoms with Gasteiger partial charge in [-0.15, -0.1) is 0 Å². The van der Waals surface area contributed by atoms with Crippen molar-refractivity contribution >= 4 is 41.1 Å². The van der Waals surface area contributed by atoms with E-state index in [1.807, 2.05) is 0 Å². The van der Waals surface area contributed by atoms with Crippen LogP contribution in [0.2, 0.25) is 0 Å². The Bertz CT molecular complexity index is 1380. The second-order valence-electron chi connectivity index (χ2n) is 8.84. The molecule has 2 aromatic carbocycles. The average Bonchev–Trinajstić information content (AvgIpc) is 2.81. The molecule has 0 unspecified atom stereocenters. The molecule has 0 fully saturated rings. The molecule has 3 aromatic rings. The van der Waals surface area contributed by atoms with Crippen molar-refractivity contribution in [2.75, 3.05) is 11.4 Å². The molecule has 2 amide bonds. The normalized spacial score (nSPS) is 11.5. The van der Waals surface area contributed by atoms with Crippen LogP contribution in [0, 0.1) is 0 Å². The Morgan fingerprint density at radius 3 is 2.26 bits per heavy atom. The van der Waals surface area contributed by atoms with Crippen LogP contribution in [0.5, 0.6) is 0 Å². The summed E-state index contributed by atoms with van der Waals surface area (Å²) in [6.45, 7) is 0.302. The number of carbonyl (C=O) groups excluding carboxylic acids is 2. The number of aryl methyl sites for hydroxylation is 1. The standard InChI is InChI=1S/C25H27BF3N3O6/c27-25(28,29)18-13-23(35)38-20-12-17(11-15(24(18)20)6-3-8-21(30)33)32(10-4-9-22(31)34)14-16-5-1-2-7-19(16)26(36)37/h1-2,5,7,11-13,36-37H,3-4,6,8-10,14H2,(H2,30,33)(H2,31,34). The highest BCUT2D eigenvalue weighted by molar-refractivity contribution is 6.59. The molecular formula is C25H27BF3N3O6. The lowest BCUT2D eigenvalue weighted by atomic mass is 9.77. The highest BCUT2D eigenvalue weighted by atomic mass is 19.4. The van der Waals surface area contributed by atoms with Gasteiger partial charge in [-0.05, 0) is 41.9 Å². The van der Waals surface area contributed by atoms with Crippen molar-refractivity contribution in [3.63, 3.8) is 0 Å². The van der Waals surface area contributed by atoms with Crippen molar-refractivity contribution < 1.29 is 37.2 Å². The Labute approximate surface area is 216 Å². The van der Waals surface area contributed by atoms with Crippen LogP contribution in [0.15, 0.2) is 51.7 Å². The molecular weight excluding hydrogens is 506 g/mol. The summed E-state index contributed by atoms with van der Waals surface area (Å²) in [7, 11) is -1.77. The first-order chi connectivity index (χ1) is 17.9. The third-order valence-corrected chi connectivity index (χ3v) is 6.00. The molecule has 0 bridgehead atoms. The maximum atomic E-state index is 13.9. The van der Waals surface area contributed by atoms with E-state index >= 15 is 0 Å². The summed E-state index contributed by atoms with van der Waals surface area (Å²) in [5.41, 5.74) is 9.12. The first kappa shape index (κ1) is 28.7. The lowest BCUT2D eigenvalue weighted by Gasteiger charge is -2.27. The minimum absolute atomic E-state index is 0.0329. The minimum atomic E-state index is -4.84. The molecule has 3 rings (SSSR count). The van der Waals surface area contributed by atoms with Gasteiger partial charge in [-0.3, -0.25) is 9.59 Å². The highest BCUT2D eigenvalue weighted by Gasteiger charge is 2.35. The van der Waals surface area contributed by atoms with Crippen molar-refractivity contribution in [2.24, 2.45) is 11.5 Å². The van der Waals surface area contributed by atoms with Crippen LogP contribution < -0.4 is 27.5 Å². The van der Waals surface area contributed by atoms with E-state index in [1.54, 1.807) is 23.1 Å². The lowest BCUT2D eigenvalue weighted by Crippen LogP contribution is -2.36. The molecule has 1 aromatic heterocycles. The average molecular weight is 533 g/mol. The third-order valence-electron chi connectivity index (χ3n) is 6.00. The fourth-order valence-corrected chi connectivity index (χ4v) is 4.31. The van der Waals surface area contributed by atoms with E-state index in [9.17, 15) is 37.6 Å². The molecule has 38 heavy (non-hydrogen) atoms. The number of primary amides is 2. The van der Waals surface area contributed by atoms with E-state index < -0.39 is 36.3 Å². The van der Waals surface area contributed by atoms with Gasteiger partial charge in [-0.1, -0.05) is 24.3 Å². The number of nitrogens with zero attached hydrogens (tertiary/aromatic N) is 1. The molecule has 202 valence electrons. The van der Waals surface area contributed by atoms with Gasteiger partial charge in [0, 0.05) is 49.1 Å². The number of alkyl halides is 3. The van der Waals surface area contributed by atoms with Crippen molar-refractivity contribution in [1.82, 2.24) is 0 Å². The number of fused-ring (bicyclic) bond motifs is 1. The summed E-state index contributed by atoms with van der Waals surface area (Å²) in [5.74, 6) is -1.15. The van der Waals surface area contributed by atoms with Gasteiger partial charge in [0.15, 0.2) is 0 Å². The predicted octanol–water partition coefficient (Wildman–Crippen LogP) is 1.57. The van der Waals surface area contributed by atoms with Crippen LogP contribution in [0.25, 0.3) is 11.0 Å². The number of rotatable bonds is 12. The Morgan fingerprint density at radius 2 is 1.63 bits per heavy atom.